The van der Waals surface area contributed by atoms with Crippen LogP contribution in [0, 0.1) is 12.7 Å². The topological polar surface area (TPSA) is 88.4 Å². The molecule has 1 aromatic carbocycles. The summed E-state index contributed by atoms with van der Waals surface area (Å²) in [5, 5.41) is 9.04. The van der Waals surface area contributed by atoms with E-state index < -0.39 is 17.6 Å². The van der Waals surface area contributed by atoms with Gasteiger partial charge in [-0.15, -0.1) is 0 Å². The summed E-state index contributed by atoms with van der Waals surface area (Å²) in [5.74, 6) is -1.62. The molecule has 0 fully saturated rings. The van der Waals surface area contributed by atoms with E-state index in [1.807, 2.05) is 6.92 Å². The number of benzene rings is 1. The third-order valence-corrected chi connectivity index (χ3v) is 3.42. The smallest absolute Gasteiger partial charge is 0.261 e. The standard InChI is InChI=1S/C17H14FN5O2/c1-3-15(24)22-14-8-11(4-5-13(14)18)21-17(25)12-9-19-23-7-6-10(2)20-16(12)23/h3-9H,1H2,2H3,(H,21,25)(H,22,24). The van der Waals surface area contributed by atoms with Crippen LogP contribution in [0.3, 0.4) is 0 Å². The van der Waals surface area contributed by atoms with E-state index in [2.05, 4.69) is 27.3 Å². The fourth-order valence-corrected chi connectivity index (χ4v) is 2.20. The molecule has 0 bridgehead atoms. The average molecular weight is 339 g/mol. The van der Waals surface area contributed by atoms with E-state index in [9.17, 15) is 14.0 Å². The maximum absolute atomic E-state index is 13.7. The van der Waals surface area contributed by atoms with Gasteiger partial charge in [-0.2, -0.15) is 5.10 Å². The Bertz CT molecular complexity index is 996. The molecule has 0 saturated heterocycles. The van der Waals surface area contributed by atoms with Crippen LogP contribution in [-0.4, -0.2) is 26.4 Å². The molecule has 3 aromatic rings. The molecule has 0 atom stereocenters. The Kier molecular flexibility index (Phi) is 4.25. The quantitative estimate of drug-likeness (QED) is 0.715. The van der Waals surface area contributed by atoms with Crippen LogP contribution in [0.4, 0.5) is 15.8 Å². The molecule has 0 aliphatic heterocycles. The van der Waals surface area contributed by atoms with E-state index in [0.717, 1.165) is 17.8 Å². The van der Waals surface area contributed by atoms with Crippen molar-refractivity contribution in [2.45, 2.75) is 6.92 Å². The minimum absolute atomic E-state index is 0.0588. The van der Waals surface area contributed by atoms with Crippen molar-refractivity contribution >= 4 is 28.8 Å². The van der Waals surface area contributed by atoms with E-state index in [0.29, 0.717) is 11.3 Å². The summed E-state index contributed by atoms with van der Waals surface area (Å²) in [7, 11) is 0. The number of anilines is 2. The van der Waals surface area contributed by atoms with Gasteiger partial charge in [0.15, 0.2) is 5.65 Å². The highest BCUT2D eigenvalue weighted by atomic mass is 19.1. The molecule has 0 aliphatic rings. The highest BCUT2D eigenvalue weighted by Gasteiger charge is 2.15. The highest BCUT2D eigenvalue weighted by molar-refractivity contribution is 6.08. The molecular weight excluding hydrogens is 325 g/mol. The molecule has 2 aromatic heterocycles. The lowest BCUT2D eigenvalue weighted by Gasteiger charge is -2.08. The number of nitrogens with one attached hydrogen (secondary N) is 2. The predicted octanol–water partition coefficient (Wildman–Crippen LogP) is 2.55. The summed E-state index contributed by atoms with van der Waals surface area (Å²) in [4.78, 5) is 28.1. The van der Waals surface area contributed by atoms with Crippen molar-refractivity contribution in [1.82, 2.24) is 14.6 Å². The molecule has 0 unspecified atom stereocenters. The molecule has 0 spiro atoms. The van der Waals surface area contributed by atoms with Crippen LogP contribution in [0.1, 0.15) is 16.1 Å². The Morgan fingerprint density at radius 1 is 1.28 bits per heavy atom. The van der Waals surface area contributed by atoms with Gasteiger partial charge >= 0.3 is 0 Å². The number of hydrogen-bond donors (Lipinski definition) is 2. The van der Waals surface area contributed by atoms with Crippen LogP contribution in [0.5, 0.6) is 0 Å². The Morgan fingerprint density at radius 2 is 2.08 bits per heavy atom. The summed E-state index contributed by atoms with van der Waals surface area (Å²) in [6.45, 7) is 5.12. The normalized spacial score (nSPS) is 10.5. The number of nitrogens with zero attached hydrogens (tertiary/aromatic N) is 3. The second-order valence-electron chi connectivity index (χ2n) is 5.24. The number of rotatable bonds is 4. The van der Waals surface area contributed by atoms with Crippen LogP contribution in [0.25, 0.3) is 5.65 Å². The summed E-state index contributed by atoms with van der Waals surface area (Å²) >= 11 is 0. The molecule has 2 amide bonds. The molecule has 0 aliphatic carbocycles. The first-order chi connectivity index (χ1) is 12.0. The van der Waals surface area contributed by atoms with Gasteiger partial charge in [-0.3, -0.25) is 9.59 Å². The lowest BCUT2D eigenvalue weighted by atomic mass is 10.2. The van der Waals surface area contributed by atoms with E-state index in [1.54, 1.807) is 12.3 Å². The van der Waals surface area contributed by atoms with E-state index in [4.69, 9.17) is 0 Å². The van der Waals surface area contributed by atoms with Crippen molar-refractivity contribution in [1.29, 1.82) is 0 Å². The SMILES string of the molecule is C=CC(=O)Nc1cc(NC(=O)c2cnn3ccc(C)nc23)ccc1F. The third kappa shape index (κ3) is 3.37. The van der Waals surface area contributed by atoms with Gasteiger partial charge in [-0.1, -0.05) is 6.58 Å². The molecule has 2 heterocycles. The maximum Gasteiger partial charge on any atom is 0.261 e. The lowest BCUT2D eigenvalue weighted by Crippen LogP contribution is -2.13. The van der Waals surface area contributed by atoms with Crippen molar-refractivity contribution in [2.75, 3.05) is 10.6 Å². The average Bonchev–Trinajstić information content (AvgIpc) is 3.00. The zero-order valence-electron chi connectivity index (χ0n) is 13.3. The second kappa shape index (κ2) is 6.52. The molecule has 0 radical (unpaired) electrons. The first-order valence-corrected chi connectivity index (χ1v) is 7.33. The van der Waals surface area contributed by atoms with Crippen LogP contribution in [-0.2, 0) is 4.79 Å². The van der Waals surface area contributed by atoms with Crippen molar-refractivity contribution < 1.29 is 14.0 Å². The molecule has 2 N–H and O–H groups in total. The highest BCUT2D eigenvalue weighted by Crippen LogP contribution is 2.21. The van der Waals surface area contributed by atoms with Gasteiger partial charge in [-0.25, -0.2) is 13.9 Å². The number of amides is 2. The van der Waals surface area contributed by atoms with E-state index in [-0.39, 0.29) is 11.3 Å². The largest absolute Gasteiger partial charge is 0.322 e. The van der Waals surface area contributed by atoms with E-state index in [1.165, 1.54) is 22.8 Å². The fourth-order valence-electron chi connectivity index (χ4n) is 2.20. The van der Waals surface area contributed by atoms with Gasteiger partial charge in [-0.05, 0) is 37.3 Å². The van der Waals surface area contributed by atoms with Crippen LogP contribution < -0.4 is 10.6 Å². The third-order valence-electron chi connectivity index (χ3n) is 3.42. The number of fused-ring (bicyclic) bond motifs is 1. The fraction of sp³-hybridized carbons (Fsp3) is 0.0588. The molecule has 25 heavy (non-hydrogen) atoms. The molecule has 8 heteroatoms. The number of hydrogen-bond acceptors (Lipinski definition) is 4. The predicted molar refractivity (Wildman–Crippen MR) is 90.9 cm³/mol. The zero-order valence-corrected chi connectivity index (χ0v) is 13.3. The Labute approximate surface area is 142 Å². The summed E-state index contributed by atoms with van der Waals surface area (Å²) < 4.78 is 15.2. The Balaban J connectivity index is 1.87. The first-order valence-electron chi connectivity index (χ1n) is 7.33. The number of aromatic nitrogens is 3. The molecule has 126 valence electrons. The maximum atomic E-state index is 13.7. The van der Waals surface area contributed by atoms with Gasteiger partial charge in [0, 0.05) is 17.6 Å². The Morgan fingerprint density at radius 3 is 2.84 bits per heavy atom. The molecule has 7 nitrogen and oxygen atoms in total. The summed E-state index contributed by atoms with van der Waals surface area (Å²) in [6, 6.07) is 5.63. The number of carbonyl (C=O) groups is 2. The minimum atomic E-state index is -0.624. The second-order valence-corrected chi connectivity index (χ2v) is 5.24. The van der Waals surface area contributed by atoms with Crippen LogP contribution in [0.15, 0.2) is 49.3 Å². The van der Waals surface area contributed by atoms with E-state index >= 15 is 0 Å². The van der Waals surface area contributed by atoms with Gasteiger partial charge in [0.25, 0.3) is 5.91 Å². The summed E-state index contributed by atoms with van der Waals surface area (Å²) in [6.07, 6.45) is 4.13. The summed E-state index contributed by atoms with van der Waals surface area (Å²) in [5.41, 5.74) is 1.71. The van der Waals surface area contributed by atoms with Crippen molar-refractivity contribution in [3.05, 3.63) is 66.4 Å². The van der Waals surface area contributed by atoms with Gasteiger partial charge in [0.2, 0.25) is 5.91 Å². The monoisotopic (exact) mass is 339 g/mol. The number of halogens is 1. The lowest BCUT2D eigenvalue weighted by molar-refractivity contribution is -0.111. The zero-order chi connectivity index (χ0) is 18.0. The van der Waals surface area contributed by atoms with Gasteiger partial charge < -0.3 is 10.6 Å². The van der Waals surface area contributed by atoms with Crippen LogP contribution >= 0.6 is 0 Å². The number of carbonyl (C=O) groups excluding carboxylic acids is 2. The van der Waals surface area contributed by atoms with Gasteiger partial charge in [0.1, 0.15) is 11.4 Å². The van der Waals surface area contributed by atoms with Crippen LogP contribution in [0.2, 0.25) is 0 Å². The van der Waals surface area contributed by atoms with Gasteiger partial charge in [0.05, 0.1) is 11.9 Å². The van der Waals surface area contributed by atoms with Crippen molar-refractivity contribution in [3.8, 4) is 0 Å². The van der Waals surface area contributed by atoms with Crippen molar-refractivity contribution in [3.63, 3.8) is 0 Å². The minimum Gasteiger partial charge on any atom is -0.322 e. The first kappa shape index (κ1) is 16.3. The molecule has 0 saturated carbocycles. The molecular formula is C17H14FN5O2. The Hall–Kier alpha value is -3.55. The van der Waals surface area contributed by atoms with Crippen molar-refractivity contribution in [2.24, 2.45) is 0 Å². The number of aryl methyl sites for hydroxylation is 1. The molecule has 3 rings (SSSR count).